The number of halogens is 1. The second-order valence-corrected chi connectivity index (χ2v) is 6.45. The van der Waals surface area contributed by atoms with E-state index in [1.165, 1.54) is 18.2 Å². The van der Waals surface area contributed by atoms with Crippen LogP contribution in [0.25, 0.3) is 11.0 Å². The Morgan fingerprint density at radius 1 is 1.27 bits per heavy atom. The SMILES string of the molecule is CC(=O)c1c(Cl)c(=O)oc2c3c4c(cc12)CCCN4CCC3. The lowest BCUT2D eigenvalue weighted by Gasteiger charge is -2.37. The normalized spacial score (nSPS) is 16.7. The number of carbonyl (C=O) groups excluding carboxylic acids is 1. The van der Waals surface area contributed by atoms with Gasteiger partial charge in [-0.3, -0.25) is 4.79 Å². The Labute approximate surface area is 132 Å². The zero-order valence-electron chi connectivity index (χ0n) is 12.4. The number of fused-ring (bicyclic) bond motifs is 2. The second-order valence-electron chi connectivity index (χ2n) is 6.07. The van der Waals surface area contributed by atoms with Crippen molar-refractivity contribution >= 4 is 34.0 Å². The maximum Gasteiger partial charge on any atom is 0.355 e. The summed E-state index contributed by atoms with van der Waals surface area (Å²) >= 11 is 6.05. The Balaban J connectivity index is 2.17. The molecule has 0 saturated carbocycles. The monoisotopic (exact) mass is 317 g/mol. The molecule has 0 unspecified atom stereocenters. The lowest BCUT2D eigenvalue weighted by Crippen LogP contribution is -2.34. The highest BCUT2D eigenvalue weighted by Crippen LogP contribution is 2.41. The molecule has 0 aliphatic carbocycles. The van der Waals surface area contributed by atoms with Gasteiger partial charge in [0.1, 0.15) is 10.6 Å². The maximum atomic E-state index is 12.0. The van der Waals surface area contributed by atoms with Crippen molar-refractivity contribution in [2.75, 3.05) is 18.0 Å². The van der Waals surface area contributed by atoms with Gasteiger partial charge in [-0.15, -0.1) is 0 Å². The Morgan fingerprint density at radius 2 is 2.00 bits per heavy atom. The molecule has 5 heteroatoms. The van der Waals surface area contributed by atoms with Gasteiger partial charge in [0, 0.05) is 29.7 Å². The van der Waals surface area contributed by atoms with E-state index in [1.54, 1.807) is 0 Å². The van der Waals surface area contributed by atoms with Crippen molar-refractivity contribution in [3.8, 4) is 0 Å². The number of ketones is 1. The topological polar surface area (TPSA) is 50.5 Å². The van der Waals surface area contributed by atoms with Gasteiger partial charge in [0.05, 0.1) is 5.56 Å². The Bertz CT molecular complexity index is 867. The van der Waals surface area contributed by atoms with E-state index in [0.29, 0.717) is 16.5 Å². The van der Waals surface area contributed by atoms with Crippen LogP contribution in [0, 0.1) is 0 Å². The lowest BCUT2D eigenvalue weighted by atomic mass is 9.89. The Kier molecular flexibility index (Phi) is 3.05. The summed E-state index contributed by atoms with van der Waals surface area (Å²) in [6.07, 6.45) is 4.01. The maximum absolute atomic E-state index is 12.0. The fourth-order valence-electron chi connectivity index (χ4n) is 3.84. The van der Waals surface area contributed by atoms with Gasteiger partial charge in [-0.1, -0.05) is 11.6 Å². The van der Waals surface area contributed by atoms with Gasteiger partial charge in [0.25, 0.3) is 0 Å². The van der Waals surface area contributed by atoms with Crippen molar-refractivity contribution in [1.82, 2.24) is 0 Å². The summed E-state index contributed by atoms with van der Waals surface area (Å²) in [5, 5.41) is 0.588. The van der Waals surface area contributed by atoms with E-state index >= 15 is 0 Å². The summed E-state index contributed by atoms with van der Waals surface area (Å²) in [6, 6.07) is 2.00. The average molecular weight is 318 g/mol. The molecule has 0 spiro atoms. The predicted octanol–water partition coefficient (Wildman–Crippen LogP) is 3.35. The molecule has 0 N–H and O–H groups in total. The average Bonchev–Trinajstić information content (AvgIpc) is 2.49. The minimum Gasteiger partial charge on any atom is -0.421 e. The first-order valence-electron chi connectivity index (χ1n) is 7.65. The van der Waals surface area contributed by atoms with E-state index in [9.17, 15) is 9.59 Å². The van der Waals surface area contributed by atoms with E-state index in [-0.39, 0.29) is 10.8 Å². The van der Waals surface area contributed by atoms with Crippen LogP contribution in [0.3, 0.4) is 0 Å². The highest BCUT2D eigenvalue weighted by molar-refractivity contribution is 6.35. The first-order valence-corrected chi connectivity index (χ1v) is 8.02. The minimum absolute atomic E-state index is 0.101. The number of nitrogens with zero attached hydrogens (tertiary/aromatic N) is 1. The smallest absolute Gasteiger partial charge is 0.355 e. The third kappa shape index (κ3) is 1.83. The van der Waals surface area contributed by atoms with Crippen LogP contribution in [0.15, 0.2) is 15.3 Å². The number of hydrogen-bond donors (Lipinski definition) is 0. The van der Waals surface area contributed by atoms with Gasteiger partial charge < -0.3 is 9.32 Å². The number of rotatable bonds is 1. The largest absolute Gasteiger partial charge is 0.421 e. The third-order valence-corrected chi connectivity index (χ3v) is 5.03. The van der Waals surface area contributed by atoms with Crippen LogP contribution in [0.5, 0.6) is 0 Å². The summed E-state index contributed by atoms with van der Waals surface area (Å²) in [4.78, 5) is 26.4. The number of benzene rings is 1. The third-order valence-electron chi connectivity index (χ3n) is 4.69. The zero-order valence-corrected chi connectivity index (χ0v) is 13.1. The minimum atomic E-state index is -0.622. The van der Waals surface area contributed by atoms with Gasteiger partial charge in [-0.05, 0) is 44.2 Å². The molecule has 0 fully saturated rings. The first-order chi connectivity index (χ1) is 10.6. The highest BCUT2D eigenvalue weighted by atomic mass is 35.5. The van der Waals surface area contributed by atoms with Gasteiger partial charge in [-0.25, -0.2) is 4.79 Å². The quantitative estimate of drug-likeness (QED) is 0.598. The second kappa shape index (κ2) is 4.85. The van der Waals surface area contributed by atoms with Gasteiger partial charge in [-0.2, -0.15) is 0 Å². The van der Waals surface area contributed by atoms with Crippen LogP contribution in [0.1, 0.15) is 41.3 Å². The number of Topliss-reactive ketones (excluding diaryl/α,β-unsaturated/α-hetero) is 1. The Morgan fingerprint density at radius 3 is 2.73 bits per heavy atom. The van der Waals surface area contributed by atoms with Crippen molar-refractivity contribution in [3.05, 3.63) is 38.2 Å². The van der Waals surface area contributed by atoms with E-state index in [1.807, 2.05) is 6.07 Å². The molecule has 2 aromatic rings. The molecule has 0 saturated heterocycles. The molecule has 4 nitrogen and oxygen atoms in total. The lowest BCUT2D eigenvalue weighted by molar-refractivity contribution is 0.101. The summed E-state index contributed by atoms with van der Waals surface area (Å²) in [5.41, 5.74) is 3.74. The first kappa shape index (κ1) is 13.8. The van der Waals surface area contributed by atoms with Crippen LogP contribution in [-0.2, 0) is 12.8 Å². The van der Waals surface area contributed by atoms with Crippen LogP contribution >= 0.6 is 11.6 Å². The molecule has 0 atom stereocenters. The summed E-state index contributed by atoms with van der Waals surface area (Å²) in [5.74, 6) is -0.196. The number of hydrogen-bond acceptors (Lipinski definition) is 4. The predicted molar refractivity (Wildman–Crippen MR) is 86.4 cm³/mol. The van der Waals surface area contributed by atoms with E-state index in [2.05, 4.69) is 4.90 Å². The molecule has 1 aromatic carbocycles. The van der Waals surface area contributed by atoms with Crippen LogP contribution in [0.2, 0.25) is 5.02 Å². The van der Waals surface area contributed by atoms with Crippen LogP contribution in [0.4, 0.5) is 5.69 Å². The summed E-state index contributed by atoms with van der Waals surface area (Å²) < 4.78 is 5.49. The van der Waals surface area contributed by atoms with Crippen molar-refractivity contribution in [2.24, 2.45) is 0 Å². The van der Waals surface area contributed by atoms with Crippen molar-refractivity contribution in [1.29, 1.82) is 0 Å². The van der Waals surface area contributed by atoms with Crippen LogP contribution < -0.4 is 10.5 Å². The highest BCUT2D eigenvalue weighted by Gasteiger charge is 2.29. The molecule has 0 amide bonds. The van der Waals surface area contributed by atoms with Crippen LogP contribution in [-0.4, -0.2) is 18.9 Å². The van der Waals surface area contributed by atoms with Gasteiger partial charge in [0.15, 0.2) is 5.78 Å². The van der Waals surface area contributed by atoms with E-state index in [4.69, 9.17) is 16.0 Å². The molecule has 22 heavy (non-hydrogen) atoms. The molecule has 0 bridgehead atoms. The molecule has 3 heterocycles. The number of aryl methyl sites for hydroxylation is 2. The summed E-state index contributed by atoms with van der Waals surface area (Å²) in [7, 11) is 0. The molecule has 114 valence electrons. The molecule has 1 aromatic heterocycles. The van der Waals surface area contributed by atoms with Crippen molar-refractivity contribution in [3.63, 3.8) is 0 Å². The van der Waals surface area contributed by atoms with Crippen molar-refractivity contribution in [2.45, 2.75) is 32.6 Å². The molecule has 4 rings (SSSR count). The molecule has 2 aliphatic heterocycles. The Hall–Kier alpha value is -1.81. The molecular formula is C17H16ClNO3. The number of anilines is 1. The van der Waals surface area contributed by atoms with E-state index in [0.717, 1.165) is 44.3 Å². The summed E-state index contributed by atoms with van der Waals surface area (Å²) in [6.45, 7) is 3.53. The van der Waals surface area contributed by atoms with Gasteiger partial charge >= 0.3 is 5.63 Å². The van der Waals surface area contributed by atoms with E-state index < -0.39 is 5.63 Å². The fourth-order valence-corrected chi connectivity index (χ4v) is 4.11. The van der Waals surface area contributed by atoms with Gasteiger partial charge in [0.2, 0.25) is 0 Å². The number of carbonyl (C=O) groups is 1. The fraction of sp³-hybridized carbons (Fsp3) is 0.412. The molecule has 0 radical (unpaired) electrons. The standard InChI is InChI=1S/C17H16ClNO3/c1-9(20)13-12-8-10-4-2-6-19-7-3-5-11(15(10)19)16(12)22-17(21)14(13)18/h8H,2-7H2,1H3. The zero-order chi connectivity index (χ0) is 15.4. The molecule has 2 aliphatic rings. The van der Waals surface area contributed by atoms with Crippen molar-refractivity contribution < 1.29 is 9.21 Å². The molecular weight excluding hydrogens is 302 g/mol.